The van der Waals surface area contributed by atoms with E-state index in [1.54, 1.807) is 0 Å². The lowest BCUT2D eigenvalue weighted by Crippen LogP contribution is -2.00. The topological polar surface area (TPSA) is 17.8 Å². The molecule has 0 aliphatic rings. The Morgan fingerprint density at radius 1 is 0.667 bits per heavy atom. The van der Waals surface area contributed by atoms with Crippen LogP contribution in [0.25, 0.3) is 38.9 Å². The summed E-state index contributed by atoms with van der Waals surface area (Å²) < 4.78 is 4.28. The summed E-state index contributed by atoms with van der Waals surface area (Å²) in [6, 6.07) is 29.2. The van der Waals surface area contributed by atoms with Crippen LogP contribution in [0.1, 0.15) is 0 Å². The number of rotatable bonds is 2. The Hall–Kier alpha value is -2.43. The number of benzene rings is 4. The molecular weight excluding hydrogens is 464 g/mol. The van der Waals surface area contributed by atoms with Gasteiger partial charge < -0.3 is 0 Å². The monoisotopic (exact) mass is 476 g/mol. The van der Waals surface area contributed by atoms with Gasteiger partial charge in [-0.15, -0.1) is 0 Å². The van der Waals surface area contributed by atoms with Crippen molar-refractivity contribution in [3.8, 4) is 17.1 Å². The molecule has 5 aromatic rings. The first-order valence-electron chi connectivity index (χ1n) is 8.64. The number of aromatic nitrogens is 2. The molecule has 0 unspecified atom stereocenters. The van der Waals surface area contributed by atoms with Gasteiger partial charge in [-0.3, -0.25) is 4.57 Å². The number of hydrogen-bond acceptors (Lipinski definition) is 1. The minimum Gasteiger partial charge on any atom is -0.289 e. The summed E-state index contributed by atoms with van der Waals surface area (Å²) in [5.74, 6) is 0.926. The molecule has 27 heavy (non-hydrogen) atoms. The molecule has 130 valence electrons. The van der Waals surface area contributed by atoms with E-state index in [1.165, 1.54) is 10.8 Å². The van der Waals surface area contributed by atoms with E-state index in [0.29, 0.717) is 0 Å². The predicted molar refractivity (Wildman–Crippen MR) is 119 cm³/mol. The van der Waals surface area contributed by atoms with Gasteiger partial charge in [0, 0.05) is 19.9 Å². The minimum atomic E-state index is 0.926. The van der Waals surface area contributed by atoms with Gasteiger partial charge in [-0.25, -0.2) is 4.98 Å². The summed E-state index contributed by atoms with van der Waals surface area (Å²) in [6.45, 7) is 0. The molecule has 0 N–H and O–H groups in total. The molecule has 1 aromatic heterocycles. The molecule has 0 spiro atoms. The molecule has 0 fully saturated rings. The van der Waals surface area contributed by atoms with Crippen LogP contribution in [0, 0.1) is 0 Å². The van der Waals surface area contributed by atoms with Crippen LogP contribution in [0.5, 0.6) is 0 Å². The Balaban J connectivity index is 2.01. The van der Waals surface area contributed by atoms with Gasteiger partial charge in [0.15, 0.2) is 0 Å². The molecule has 5 rings (SSSR count). The zero-order valence-corrected chi connectivity index (χ0v) is 17.4. The van der Waals surface area contributed by atoms with Crippen LogP contribution in [0.3, 0.4) is 0 Å². The molecule has 1 heterocycles. The maximum atomic E-state index is 5.01. The van der Waals surface area contributed by atoms with Crippen LogP contribution in [0.2, 0.25) is 0 Å². The Morgan fingerprint density at radius 2 is 1.37 bits per heavy atom. The second-order valence-corrected chi connectivity index (χ2v) is 8.07. The van der Waals surface area contributed by atoms with Crippen LogP contribution in [0.4, 0.5) is 0 Å². The quantitative estimate of drug-likeness (QED) is 0.259. The molecule has 0 amide bonds. The number of imidazole rings is 1. The summed E-state index contributed by atoms with van der Waals surface area (Å²) in [5.41, 5.74) is 4.23. The van der Waals surface area contributed by atoms with Crippen LogP contribution in [-0.4, -0.2) is 9.55 Å². The lowest BCUT2D eigenvalue weighted by molar-refractivity contribution is 1.09. The van der Waals surface area contributed by atoms with Crippen LogP contribution in [-0.2, 0) is 0 Å². The summed E-state index contributed by atoms with van der Waals surface area (Å²) in [6.07, 6.45) is 0. The summed E-state index contributed by atoms with van der Waals surface area (Å²) >= 11 is 7.49. The maximum absolute atomic E-state index is 5.01. The zero-order valence-electron chi connectivity index (χ0n) is 14.2. The van der Waals surface area contributed by atoms with Crippen molar-refractivity contribution in [2.24, 2.45) is 0 Å². The number of nitrogens with zero attached hydrogens (tertiary/aromatic N) is 2. The highest BCUT2D eigenvalue weighted by Crippen LogP contribution is 2.38. The Kier molecular flexibility index (Phi) is 4.10. The normalized spacial score (nSPS) is 11.3. The highest BCUT2D eigenvalue weighted by Gasteiger charge is 2.19. The van der Waals surface area contributed by atoms with Gasteiger partial charge in [0.2, 0.25) is 0 Å². The van der Waals surface area contributed by atoms with Crippen LogP contribution in [0.15, 0.2) is 93.9 Å². The van der Waals surface area contributed by atoms with E-state index in [4.69, 9.17) is 4.98 Å². The van der Waals surface area contributed by atoms with E-state index in [2.05, 4.69) is 97.1 Å². The summed E-state index contributed by atoms with van der Waals surface area (Å²) in [7, 11) is 0. The highest BCUT2D eigenvalue weighted by atomic mass is 79.9. The van der Waals surface area contributed by atoms with Crippen LogP contribution >= 0.6 is 31.9 Å². The molecule has 0 atom stereocenters. The second-order valence-electron chi connectivity index (χ2n) is 6.36. The minimum absolute atomic E-state index is 0.926. The van der Waals surface area contributed by atoms with Crippen molar-refractivity contribution in [1.82, 2.24) is 9.55 Å². The van der Waals surface area contributed by atoms with Crippen molar-refractivity contribution in [2.75, 3.05) is 0 Å². The van der Waals surface area contributed by atoms with Crippen molar-refractivity contribution in [1.29, 1.82) is 0 Å². The third-order valence-electron chi connectivity index (χ3n) is 4.73. The maximum Gasteiger partial charge on any atom is 0.145 e. The van der Waals surface area contributed by atoms with E-state index >= 15 is 0 Å². The molecule has 0 aliphatic carbocycles. The van der Waals surface area contributed by atoms with Crippen molar-refractivity contribution in [3.63, 3.8) is 0 Å². The molecule has 0 radical (unpaired) electrons. The van der Waals surface area contributed by atoms with Crippen LogP contribution < -0.4 is 0 Å². The standard InChI is InChI=1S/C23H14Br2N2/c24-18-11-6-12-19(25)22(18)27-21-17-10-5-4-7-15(17)13-14-20(21)26-23(27)16-8-2-1-3-9-16/h1-14H. The third-order valence-corrected chi connectivity index (χ3v) is 6.01. The summed E-state index contributed by atoms with van der Waals surface area (Å²) in [4.78, 5) is 5.01. The Labute approximate surface area is 173 Å². The average molecular weight is 478 g/mol. The van der Waals surface area contributed by atoms with E-state index in [1.807, 2.05) is 24.3 Å². The fourth-order valence-electron chi connectivity index (χ4n) is 3.54. The highest BCUT2D eigenvalue weighted by molar-refractivity contribution is 9.11. The molecule has 4 aromatic carbocycles. The second kappa shape index (κ2) is 6.63. The lowest BCUT2D eigenvalue weighted by Gasteiger charge is -2.14. The van der Waals surface area contributed by atoms with E-state index in [0.717, 1.165) is 37.1 Å². The average Bonchev–Trinajstić information content (AvgIpc) is 3.08. The zero-order chi connectivity index (χ0) is 18.4. The van der Waals surface area contributed by atoms with Gasteiger partial charge in [-0.05, 0) is 55.4 Å². The first-order valence-corrected chi connectivity index (χ1v) is 10.2. The molecule has 0 aliphatic heterocycles. The van der Waals surface area contributed by atoms with Crippen molar-refractivity contribution >= 4 is 53.7 Å². The first-order chi connectivity index (χ1) is 13.2. The largest absolute Gasteiger partial charge is 0.289 e. The summed E-state index contributed by atoms with van der Waals surface area (Å²) in [5, 5.41) is 2.39. The number of para-hydroxylation sites is 1. The fourth-order valence-corrected chi connectivity index (χ4v) is 4.89. The SMILES string of the molecule is Brc1cccc(Br)c1-n1c(-c2ccccc2)nc2ccc3ccccc3c21. The Bertz CT molecular complexity index is 1270. The Morgan fingerprint density at radius 3 is 2.15 bits per heavy atom. The molecular formula is C23H14Br2N2. The number of halogens is 2. The molecule has 0 saturated carbocycles. The van der Waals surface area contributed by atoms with Crippen molar-refractivity contribution in [3.05, 3.63) is 93.9 Å². The van der Waals surface area contributed by atoms with Crippen molar-refractivity contribution in [2.45, 2.75) is 0 Å². The number of hydrogen-bond donors (Lipinski definition) is 0. The van der Waals surface area contributed by atoms with Gasteiger partial charge in [0.25, 0.3) is 0 Å². The van der Waals surface area contributed by atoms with E-state index in [-0.39, 0.29) is 0 Å². The number of fused-ring (bicyclic) bond motifs is 3. The van der Waals surface area contributed by atoms with Gasteiger partial charge in [-0.2, -0.15) is 0 Å². The van der Waals surface area contributed by atoms with E-state index in [9.17, 15) is 0 Å². The van der Waals surface area contributed by atoms with Gasteiger partial charge in [-0.1, -0.05) is 66.7 Å². The van der Waals surface area contributed by atoms with Gasteiger partial charge in [0.1, 0.15) is 5.82 Å². The molecule has 2 nitrogen and oxygen atoms in total. The molecule has 0 saturated heterocycles. The molecule has 4 heteroatoms. The first kappa shape index (κ1) is 16.7. The predicted octanol–water partition coefficient (Wildman–Crippen LogP) is 7.37. The van der Waals surface area contributed by atoms with Crippen molar-refractivity contribution < 1.29 is 0 Å². The van der Waals surface area contributed by atoms with Gasteiger partial charge in [0.05, 0.1) is 16.7 Å². The third kappa shape index (κ3) is 2.71. The lowest BCUT2D eigenvalue weighted by atomic mass is 10.1. The molecule has 0 bridgehead atoms. The van der Waals surface area contributed by atoms with Gasteiger partial charge >= 0.3 is 0 Å². The fraction of sp³-hybridized carbons (Fsp3) is 0. The van der Waals surface area contributed by atoms with E-state index < -0.39 is 0 Å². The smallest absolute Gasteiger partial charge is 0.145 e.